The average Bonchev–Trinajstić information content (AvgIpc) is 3.21. The van der Waals surface area contributed by atoms with Crippen molar-refractivity contribution >= 4 is 43.5 Å². The molecule has 0 aliphatic rings. The second kappa shape index (κ2) is 6.64. The molecule has 6 rings (SSSR count). The quantitative estimate of drug-likeness (QED) is 0.209. The first kappa shape index (κ1) is 11.8. The van der Waals surface area contributed by atoms with Crippen molar-refractivity contribution in [3.8, 4) is 11.3 Å². The molecule has 0 radical (unpaired) electrons. The SMILES string of the molecule is [2H]C([2H])([2H])c1cc(-c2c(C)nc(C([2H])([2H])[2H])c3c2oc2cc4cc5ccccc5cc4cc23)[n+](C)cc1C([2H])([2H])[2H]. The summed E-state index contributed by atoms with van der Waals surface area (Å²) < 4.78 is 80.6. The first-order valence-corrected chi connectivity index (χ1v) is 10.3. The molecule has 0 saturated carbocycles. The van der Waals surface area contributed by atoms with E-state index in [1.807, 2.05) is 48.5 Å². The molecule has 0 atom stereocenters. The van der Waals surface area contributed by atoms with E-state index >= 15 is 0 Å². The van der Waals surface area contributed by atoms with Gasteiger partial charge < -0.3 is 4.42 Å². The molecule has 6 aromatic rings. The fourth-order valence-corrected chi connectivity index (χ4v) is 4.59. The Kier molecular flexibility index (Phi) is 2.44. The van der Waals surface area contributed by atoms with Gasteiger partial charge in [0.1, 0.15) is 18.2 Å². The molecule has 3 aromatic heterocycles. The molecule has 0 bridgehead atoms. The standard InChI is InChI=1S/C29H25N2O/c1-16-10-25(31(5)15-17(16)2)28-19(4)30-18(3)27-24-13-22-11-20-8-6-7-9-21(20)12-23(22)14-26(24)32-29(27)28/h6-15H,1-5H3/q+1/i1D3,2D3,3D3. The minimum atomic E-state index is -2.71. The van der Waals surface area contributed by atoms with Gasteiger partial charge in [-0.1, -0.05) is 24.3 Å². The third kappa shape index (κ3) is 2.67. The molecule has 0 fully saturated rings. The summed E-state index contributed by atoms with van der Waals surface area (Å²) in [7, 11) is 1.61. The van der Waals surface area contributed by atoms with Crippen LogP contribution in [0.15, 0.2) is 65.2 Å². The van der Waals surface area contributed by atoms with Crippen LogP contribution in [0.5, 0.6) is 0 Å². The largest absolute Gasteiger partial charge is 0.455 e. The van der Waals surface area contributed by atoms with E-state index < -0.39 is 20.6 Å². The normalized spacial score (nSPS) is 17.2. The van der Waals surface area contributed by atoms with Gasteiger partial charge in [0.25, 0.3) is 0 Å². The van der Waals surface area contributed by atoms with Crippen LogP contribution in [0.2, 0.25) is 0 Å². The lowest BCUT2D eigenvalue weighted by atomic mass is 9.99. The van der Waals surface area contributed by atoms with E-state index in [1.54, 1.807) is 14.0 Å². The minimum Gasteiger partial charge on any atom is -0.455 e. The zero-order valence-corrected chi connectivity index (χ0v) is 17.6. The van der Waals surface area contributed by atoms with Crippen LogP contribution in [0, 0.1) is 27.5 Å². The van der Waals surface area contributed by atoms with Gasteiger partial charge in [0.15, 0.2) is 11.8 Å². The van der Waals surface area contributed by atoms with E-state index in [-0.39, 0.29) is 22.4 Å². The number of hydrogen-bond donors (Lipinski definition) is 0. The van der Waals surface area contributed by atoms with Gasteiger partial charge in [-0.25, -0.2) is 4.57 Å². The molecule has 3 heterocycles. The molecular weight excluding hydrogens is 392 g/mol. The van der Waals surface area contributed by atoms with E-state index in [0.29, 0.717) is 33.3 Å². The third-order valence-corrected chi connectivity index (χ3v) is 6.15. The Morgan fingerprint density at radius 1 is 0.844 bits per heavy atom. The van der Waals surface area contributed by atoms with Crippen molar-refractivity contribution in [2.45, 2.75) is 27.5 Å². The van der Waals surface area contributed by atoms with E-state index in [9.17, 15) is 0 Å². The third-order valence-electron chi connectivity index (χ3n) is 6.15. The van der Waals surface area contributed by atoms with Crippen molar-refractivity contribution < 1.29 is 21.3 Å². The summed E-state index contributed by atoms with van der Waals surface area (Å²) in [5, 5.41) is 4.78. The molecule has 0 aliphatic carbocycles. The van der Waals surface area contributed by atoms with Gasteiger partial charge in [-0.2, -0.15) is 0 Å². The number of hydrogen-bond acceptors (Lipinski definition) is 2. The molecular formula is C29H25N2O+. The lowest BCUT2D eigenvalue weighted by Crippen LogP contribution is -2.31. The number of aromatic nitrogens is 2. The maximum Gasteiger partial charge on any atom is 0.218 e. The number of fused-ring (bicyclic) bond motifs is 5. The van der Waals surface area contributed by atoms with Crippen LogP contribution in [-0.2, 0) is 7.05 Å². The summed E-state index contributed by atoms with van der Waals surface area (Å²) >= 11 is 0. The summed E-state index contributed by atoms with van der Waals surface area (Å²) in [5.74, 6) is 0. The summed E-state index contributed by atoms with van der Waals surface area (Å²) in [6, 6.07) is 17.1. The lowest BCUT2D eigenvalue weighted by Gasteiger charge is -2.09. The maximum absolute atomic E-state index is 8.25. The van der Waals surface area contributed by atoms with Crippen LogP contribution in [-0.4, -0.2) is 4.98 Å². The summed E-state index contributed by atoms with van der Waals surface area (Å²) in [6.07, 6.45) is 1.29. The van der Waals surface area contributed by atoms with E-state index in [0.717, 1.165) is 21.5 Å². The minimum absolute atomic E-state index is 0.120. The predicted octanol–water partition coefficient (Wildman–Crippen LogP) is 7.01. The molecule has 3 nitrogen and oxygen atoms in total. The molecule has 3 aromatic carbocycles. The molecule has 0 saturated heterocycles. The van der Waals surface area contributed by atoms with Gasteiger partial charge in [0.2, 0.25) is 5.69 Å². The van der Waals surface area contributed by atoms with Crippen LogP contribution in [0.1, 0.15) is 34.9 Å². The number of furan rings is 1. The lowest BCUT2D eigenvalue weighted by molar-refractivity contribution is -0.660. The zero-order chi connectivity index (χ0) is 29.6. The van der Waals surface area contributed by atoms with Crippen molar-refractivity contribution in [2.24, 2.45) is 7.05 Å². The molecule has 0 N–H and O–H groups in total. The molecule has 0 unspecified atom stereocenters. The molecule has 0 aliphatic heterocycles. The molecule has 0 spiro atoms. The average molecular weight is 427 g/mol. The van der Waals surface area contributed by atoms with Gasteiger partial charge in [0, 0.05) is 35.0 Å². The molecule has 156 valence electrons. The first-order chi connectivity index (χ1) is 19.0. The highest BCUT2D eigenvalue weighted by atomic mass is 16.3. The molecule has 0 amide bonds. The topological polar surface area (TPSA) is 29.9 Å². The predicted molar refractivity (Wildman–Crippen MR) is 132 cm³/mol. The van der Waals surface area contributed by atoms with Gasteiger partial charge >= 0.3 is 0 Å². The fraction of sp³-hybridized carbons (Fsp3) is 0.172. The summed E-state index contributed by atoms with van der Waals surface area (Å²) in [4.78, 5) is 4.52. The second-order valence-corrected chi connectivity index (χ2v) is 8.22. The van der Waals surface area contributed by atoms with Crippen molar-refractivity contribution in [2.75, 3.05) is 0 Å². The zero-order valence-electron chi connectivity index (χ0n) is 26.6. The maximum atomic E-state index is 8.25. The number of aryl methyl sites for hydroxylation is 5. The smallest absolute Gasteiger partial charge is 0.218 e. The van der Waals surface area contributed by atoms with Crippen LogP contribution in [0.3, 0.4) is 0 Å². The second-order valence-electron chi connectivity index (χ2n) is 8.22. The number of rotatable bonds is 1. The number of nitrogens with zero attached hydrogens (tertiary/aromatic N) is 2. The Bertz CT molecular complexity index is 2030. The van der Waals surface area contributed by atoms with Crippen molar-refractivity contribution in [3.05, 3.63) is 83.3 Å². The summed E-state index contributed by atoms with van der Waals surface area (Å²) in [5.41, 5.74) is 1.03. The van der Waals surface area contributed by atoms with E-state index in [2.05, 4.69) is 4.98 Å². The Labute approximate surface area is 199 Å². The molecule has 3 heteroatoms. The van der Waals surface area contributed by atoms with Gasteiger partial charge in [-0.05, 0) is 78.9 Å². The van der Waals surface area contributed by atoms with E-state index in [1.165, 1.54) is 16.8 Å². The monoisotopic (exact) mass is 426 g/mol. The number of pyridine rings is 2. The highest BCUT2D eigenvalue weighted by molar-refractivity contribution is 6.15. The van der Waals surface area contributed by atoms with Gasteiger partial charge in [-0.3, -0.25) is 4.98 Å². The number of benzene rings is 3. The van der Waals surface area contributed by atoms with Gasteiger partial charge in [0.05, 0.1) is 11.1 Å². The Morgan fingerprint density at radius 3 is 2.31 bits per heavy atom. The Hall–Kier alpha value is -3.72. The fourth-order valence-electron chi connectivity index (χ4n) is 4.59. The van der Waals surface area contributed by atoms with Crippen LogP contribution in [0.25, 0.3) is 54.7 Å². The van der Waals surface area contributed by atoms with Crippen molar-refractivity contribution in [1.82, 2.24) is 4.98 Å². The van der Waals surface area contributed by atoms with Crippen LogP contribution in [0.4, 0.5) is 0 Å². The Morgan fingerprint density at radius 2 is 1.59 bits per heavy atom. The molecule has 32 heavy (non-hydrogen) atoms. The highest BCUT2D eigenvalue weighted by Crippen LogP contribution is 2.40. The van der Waals surface area contributed by atoms with E-state index in [4.69, 9.17) is 16.8 Å². The summed E-state index contributed by atoms with van der Waals surface area (Å²) in [6.45, 7) is -6.29. The van der Waals surface area contributed by atoms with Crippen LogP contribution >= 0.6 is 0 Å². The van der Waals surface area contributed by atoms with Crippen LogP contribution < -0.4 is 4.57 Å². The van der Waals surface area contributed by atoms with Crippen molar-refractivity contribution in [1.29, 1.82) is 0 Å². The van der Waals surface area contributed by atoms with Gasteiger partial charge in [-0.15, -0.1) is 0 Å². The highest BCUT2D eigenvalue weighted by Gasteiger charge is 2.24. The first-order valence-electron chi connectivity index (χ1n) is 14.8. The van der Waals surface area contributed by atoms with Crippen molar-refractivity contribution in [3.63, 3.8) is 0 Å². The Balaban J connectivity index is 1.75.